The summed E-state index contributed by atoms with van der Waals surface area (Å²) in [5.41, 5.74) is -0.841. The number of nitrogens with one attached hydrogen (secondary N) is 1. The van der Waals surface area contributed by atoms with Gasteiger partial charge in [-0.05, 0) is 43.5 Å². The van der Waals surface area contributed by atoms with E-state index in [-0.39, 0.29) is 37.9 Å². The highest BCUT2D eigenvalue weighted by Gasteiger charge is 2.74. The minimum atomic E-state index is -1.41. The fraction of sp³-hybridized carbons (Fsp3) is 0.562. The van der Waals surface area contributed by atoms with Gasteiger partial charge in [-0.15, -0.1) is 0 Å². The molecule has 0 radical (unpaired) electrons. The molecule has 1 aromatic carbocycles. The summed E-state index contributed by atoms with van der Waals surface area (Å²) in [5, 5.41) is 13.4. The monoisotopic (exact) mass is 595 g/mol. The van der Waals surface area contributed by atoms with Crippen LogP contribution >= 0.6 is 0 Å². The van der Waals surface area contributed by atoms with Gasteiger partial charge in [-0.3, -0.25) is 19.2 Å². The number of aliphatic hydroxyl groups is 1. The van der Waals surface area contributed by atoms with Crippen LogP contribution in [0.3, 0.4) is 0 Å². The molecule has 2 saturated heterocycles. The number of hydrogen-bond donors (Lipinski definition) is 2. The minimum absolute atomic E-state index is 0.130. The van der Waals surface area contributed by atoms with Gasteiger partial charge in [-0.2, -0.15) is 0 Å². The summed E-state index contributed by atoms with van der Waals surface area (Å²) < 4.78 is 17.5. The lowest BCUT2D eigenvalue weighted by Crippen LogP contribution is -2.59. The highest BCUT2D eigenvalue weighted by atomic mass is 16.6. The number of benzene rings is 1. The van der Waals surface area contributed by atoms with E-state index in [4.69, 9.17) is 14.2 Å². The summed E-state index contributed by atoms with van der Waals surface area (Å²) in [5.74, 6) is -3.12. The number of cyclic esters (lactones) is 1. The average molecular weight is 596 g/mol. The zero-order valence-corrected chi connectivity index (χ0v) is 25.1. The van der Waals surface area contributed by atoms with Gasteiger partial charge in [0, 0.05) is 18.7 Å². The van der Waals surface area contributed by atoms with E-state index < -0.39 is 59.5 Å². The molecule has 2 N–H and O–H groups in total. The SMILES string of the molecule is CC[C@H](C)[C@H](CO)N1C(=O)[C@@H]2[C@H]3C(=O)O[C@@H](C)CNC(=O)CC/C=C\CN(c4ccc(OC)cc4)C(=O)[C@@H]1[C@]21C=C[C@H]3O1. The average Bonchev–Trinajstić information content (AvgIpc) is 3.65. The lowest BCUT2D eigenvalue weighted by Gasteiger charge is -2.40. The maximum Gasteiger partial charge on any atom is 0.313 e. The smallest absolute Gasteiger partial charge is 0.313 e. The van der Waals surface area contributed by atoms with E-state index in [0.717, 1.165) is 0 Å². The Bertz CT molecular complexity index is 1300. The predicted octanol–water partition coefficient (Wildman–Crippen LogP) is 1.98. The molecule has 0 aliphatic carbocycles. The Hall–Kier alpha value is -3.70. The van der Waals surface area contributed by atoms with E-state index in [9.17, 15) is 24.3 Å². The maximum atomic E-state index is 14.8. The summed E-state index contributed by atoms with van der Waals surface area (Å²) in [6.45, 7) is 5.51. The Morgan fingerprint density at radius 1 is 1.14 bits per heavy atom. The lowest BCUT2D eigenvalue weighted by atomic mass is 9.74. The van der Waals surface area contributed by atoms with Crippen LogP contribution in [0.25, 0.3) is 0 Å². The molecule has 232 valence electrons. The molecular weight excluding hydrogens is 554 g/mol. The summed E-state index contributed by atoms with van der Waals surface area (Å²) in [6, 6.07) is 5.21. The molecule has 4 aliphatic rings. The van der Waals surface area contributed by atoms with Crippen LogP contribution < -0.4 is 15.0 Å². The van der Waals surface area contributed by atoms with Crippen LogP contribution in [0, 0.1) is 17.8 Å². The van der Waals surface area contributed by atoms with Crippen molar-refractivity contribution in [2.45, 2.75) is 69.9 Å². The molecule has 1 aromatic rings. The molecule has 0 unspecified atom stereocenters. The number of nitrogens with zero attached hydrogens (tertiary/aromatic N) is 2. The van der Waals surface area contributed by atoms with Crippen molar-refractivity contribution in [2.75, 3.05) is 31.7 Å². The Kier molecular flexibility index (Phi) is 8.94. The highest BCUT2D eigenvalue weighted by Crippen LogP contribution is 2.56. The maximum absolute atomic E-state index is 14.8. The summed E-state index contributed by atoms with van der Waals surface area (Å²) in [4.78, 5) is 58.3. The van der Waals surface area contributed by atoms with Crippen molar-refractivity contribution in [2.24, 2.45) is 17.8 Å². The lowest BCUT2D eigenvalue weighted by molar-refractivity contribution is -0.159. The van der Waals surface area contributed by atoms with Gasteiger partial charge in [0.2, 0.25) is 11.8 Å². The van der Waals surface area contributed by atoms with Crippen molar-refractivity contribution >= 4 is 29.4 Å². The molecule has 4 heterocycles. The summed E-state index contributed by atoms with van der Waals surface area (Å²) in [6.07, 6.45) is 7.10. The quantitative estimate of drug-likeness (QED) is 0.377. The van der Waals surface area contributed by atoms with E-state index in [2.05, 4.69) is 5.32 Å². The van der Waals surface area contributed by atoms with Crippen molar-refractivity contribution < 1.29 is 38.5 Å². The Morgan fingerprint density at radius 2 is 1.88 bits per heavy atom. The van der Waals surface area contributed by atoms with Gasteiger partial charge in [-0.1, -0.05) is 44.6 Å². The standard InChI is InChI=1S/C32H41N3O8/c1-5-19(2)23(18-36)35-28-30(39)34(21-10-12-22(41-4)13-11-21)16-8-6-7-9-25(37)33-17-20(3)42-31(40)26-24-14-15-32(28,43-24)27(26)29(35)38/h6,8,10-15,19-20,23-24,26-28,36H,5,7,9,16-18H2,1-4H3,(H,33,37)/b8-6-/t19-,20-,23-,24+,26-,27-,28+,32-/m0/s1. The van der Waals surface area contributed by atoms with Gasteiger partial charge in [-0.25, -0.2) is 0 Å². The van der Waals surface area contributed by atoms with Crippen molar-refractivity contribution in [1.29, 1.82) is 0 Å². The first-order valence-corrected chi connectivity index (χ1v) is 15.0. The summed E-state index contributed by atoms with van der Waals surface area (Å²) in [7, 11) is 1.56. The molecule has 5 bridgehead atoms. The number of aliphatic hydroxyl groups excluding tert-OH is 1. The highest BCUT2D eigenvalue weighted by molar-refractivity contribution is 6.05. The van der Waals surface area contributed by atoms with Crippen molar-refractivity contribution in [3.05, 3.63) is 48.6 Å². The van der Waals surface area contributed by atoms with Gasteiger partial charge >= 0.3 is 5.97 Å². The molecule has 4 aliphatic heterocycles. The number of likely N-dealkylation sites (tertiary alicyclic amines) is 1. The van der Waals surface area contributed by atoms with Gasteiger partial charge < -0.3 is 34.4 Å². The third-order valence-corrected chi connectivity index (χ3v) is 9.21. The van der Waals surface area contributed by atoms with Crippen LogP contribution in [0.1, 0.15) is 40.0 Å². The summed E-state index contributed by atoms with van der Waals surface area (Å²) >= 11 is 0. The third-order valence-electron chi connectivity index (χ3n) is 9.21. The second kappa shape index (κ2) is 12.5. The van der Waals surface area contributed by atoms with Crippen molar-refractivity contribution in [3.63, 3.8) is 0 Å². The molecule has 1 spiro atoms. The fourth-order valence-electron chi connectivity index (χ4n) is 6.74. The van der Waals surface area contributed by atoms with Crippen LogP contribution in [-0.2, 0) is 28.7 Å². The first kappa shape index (κ1) is 30.7. The number of fused-ring (bicyclic) bond motifs is 2. The fourth-order valence-corrected chi connectivity index (χ4v) is 6.74. The molecule has 5 rings (SSSR count). The Labute approximate surface area is 251 Å². The van der Waals surface area contributed by atoms with E-state index in [1.807, 2.05) is 26.0 Å². The molecule has 0 aromatic heterocycles. The molecule has 43 heavy (non-hydrogen) atoms. The van der Waals surface area contributed by atoms with Gasteiger partial charge in [0.25, 0.3) is 5.91 Å². The number of anilines is 1. The van der Waals surface area contributed by atoms with Crippen LogP contribution in [-0.4, -0.2) is 90.4 Å². The molecule has 11 nitrogen and oxygen atoms in total. The largest absolute Gasteiger partial charge is 0.497 e. The van der Waals surface area contributed by atoms with Crippen molar-refractivity contribution in [1.82, 2.24) is 10.2 Å². The normalized spacial score (nSPS) is 33.2. The van der Waals surface area contributed by atoms with Gasteiger partial charge in [0.15, 0.2) is 0 Å². The number of hydrogen-bond acceptors (Lipinski definition) is 8. The molecule has 11 heteroatoms. The second-order valence-corrected chi connectivity index (χ2v) is 11.8. The van der Waals surface area contributed by atoms with Crippen LogP contribution in [0.4, 0.5) is 5.69 Å². The molecule has 8 atom stereocenters. The Balaban J connectivity index is 1.63. The van der Waals surface area contributed by atoms with Gasteiger partial charge in [0.05, 0.1) is 38.3 Å². The van der Waals surface area contributed by atoms with Gasteiger partial charge in [0.1, 0.15) is 29.4 Å². The number of rotatable bonds is 6. The molecular formula is C32H41N3O8. The number of esters is 1. The minimum Gasteiger partial charge on any atom is -0.497 e. The zero-order chi connectivity index (χ0) is 30.9. The van der Waals surface area contributed by atoms with E-state index >= 15 is 0 Å². The topological polar surface area (TPSA) is 135 Å². The number of carbonyl (C=O) groups is 4. The zero-order valence-electron chi connectivity index (χ0n) is 25.1. The number of methoxy groups -OCH3 is 1. The second-order valence-electron chi connectivity index (χ2n) is 11.8. The first-order chi connectivity index (χ1) is 20.7. The van der Waals surface area contributed by atoms with E-state index in [0.29, 0.717) is 24.3 Å². The third kappa shape index (κ3) is 5.44. The van der Waals surface area contributed by atoms with Crippen molar-refractivity contribution in [3.8, 4) is 5.75 Å². The van der Waals surface area contributed by atoms with E-state index in [1.54, 1.807) is 55.4 Å². The first-order valence-electron chi connectivity index (χ1n) is 15.0. The number of allylic oxidation sites excluding steroid dienone is 1. The van der Waals surface area contributed by atoms with Crippen LogP contribution in [0.15, 0.2) is 48.6 Å². The van der Waals surface area contributed by atoms with E-state index in [1.165, 1.54) is 4.90 Å². The number of ether oxygens (including phenoxy) is 3. The number of amides is 3. The predicted molar refractivity (Wildman–Crippen MR) is 157 cm³/mol. The molecule has 0 saturated carbocycles. The molecule has 2 fully saturated rings. The van der Waals surface area contributed by atoms with Crippen LogP contribution in [0.2, 0.25) is 0 Å². The molecule has 3 amide bonds. The van der Waals surface area contributed by atoms with Crippen LogP contribution in [0.5, 0.6) is 5.75 Å². The number of carbonyl (C=O) groups excluding carboxylic acids is 4. The Morgan fingerprint density at radius 3 is 2.56 bits per heavy atom.